The number of nitrogens with zero attached hydrogens (tertiary/aromatic N) is 3. The molecule has 0 spiro atoms. The lowest BCUT2D eigenvalue weighted by atomic mass is 10.1. The van der Waals surface area contributed by atoms with Gasteiger partial charge in [0.15, 0.2) is 12.2 Å². The molecule has 0 unspecified atom stereocenters. The molecule has 0 fully saturated rings. The first-order valence-corrected chi connectivity index (χ1v) is 8.05. The molecule has 2 atom stereocenters. The van der Waals surface area contributed by atoms with Crippen LogP contribution in [0.15, 0.2) is 75.0 Å². The Hall–Kier alpha value is -3.39. The van der Waals surface area contributed by atoms with E-state index in [1.807, 2.05) is 31.2 Å². The zero-order valence-corrected chi connectivity index (χ0v) is 13.9. The molecule has 0 bridgehead atoms. The average molecular weight is 352 g/mol. The van der Waals surface area contributed by atoms with Gasteiger partial charge in [0.05, 0.1) is 23.3 Å². The third-order valence-electron chi connectivity index (χ3n) is 4.13. The fourth-order valence-electron chi connectivity index (χ4n) is 2.96. The van der Waals surface area contributed by atoms with Crippen LogP contribution in [-0.2, 0) is 0 Å². The topological polar surface area (TPSA) is 97.0 Å². The second-order valence-corrected chi connectivity index (χ2v) is 5.93. The van der Waals surface area contributed by atoms with E-state index in [0.29, 0.717) is 11.5 Å². The van der Waals surface area contributed by atoms with Gasteiger partial charge in [0.2, 0.25) is 0 Å². The molecule has 3 heterocycles. The largest absolute Gasteiger partial charge is 0.467 e. The van der Waals surface area contributed by atoms with Crippen molar-refractivity contribution in [1.82, 2.24) is 5.32 Å². The van der Waals surface area contributed by atoms with Crippen molar-refractivity contribution in [2.75, 3.05) is 5.01 Å². The summed E-state index contributed by atoms with van der Waals surface area (Å²) in [6.45, 7) is 1.95. The lowest BCUT2D eigenvalue weighted by molar-refractivity contribution is -0.356. The molecule has 26 heavy (non-hydrogen) atoms. The molecule has 0 saturated heterocycles. The molecule has 3 aromatic rings. The summed E-state index contributed by atoms with van der Waals surface area (Å²) in [6, 6.07) is 13.7. The predicted molar refractivity (Wildman–Crippen MR) is 94.1 cm³/mol. The van der Waals surface area contributed by atoms with Gasteiger partial charge in [0, 0.05) is 0 Å². The van der Waals surface area contributed by atoms with E-state index in [1.165, 1.54) is 6.26 Å². The smallest absolute Gasteiger partial charge is 0.389 e. The van der Waals surface area contributed by atoms with Crippen molar-refractivity contribution >= 4 is 11.5 Å². The number of nitro groups is 1. The Labute approximate surface area is 148 Å². The molecule has 1 aromatic carbocycles. The van der Waals surface area contributed by atoms with Crippen LogP contribution >= 0.6 is 0 Å². The molecule has 0 saturated carbocycles. The highest BCUT2D eigenvalue weighted by molar-refractivity contribution is 5.83. The Bertz CT molecular complexity index is 934. The summed E-state index contributed by atoms with van der Waals surface area (Å²) in [5, 5.41) is 20.8. The van der Waals surface area contributed by atoms with E-state index in [4.69, 9.17) is 8.83 Å². The highest BCUT2D eigenvalue weighted by Gasteiger charge is 2.43. The zero-order valence-electron chi connectivity index (χ0n) is 13.9. The number of hydrazone groups is 1. The molecule has 0 amide bonds. The van der Waals surface area contributed by atoms with Crippen molar-refractivity contribution in [3.63, 3.8) is 0 Å². The molecule has 2 aromatic heterocycles. The number of aryl methyl sites for hydroxylation is 1. The quantitative estimate of drug-likeness (QED) is 0.571. The van der Waals surface area contributed by atoms with E-state index < -0.39 is 17.1 Å². The van der Waals surface area contributed by atoms with Gasteiger partial charge in [-0.3, -0.25) is 5.32 Å². The van der Waals surface area contributed by atoms with Crippen LogP contribution in [0.5, 0.6) is 0 Å². The summed E-state index contributed by atoms with van der Waals surface area (Å²) in [5.74, 6) is 0.763. The molecule has 132 valence electrons. The number of furan rings is 2. The maximum absolute atomic E-state index is 11.6. The summed E-state index contributed by atoms with van der Waals surface area (Å²) >= 11 is 0. The standard InChI is InChI=1S/C18H16N4O4/c1-12-5-2-6-13(11-12)21-17(15-8-4-10-26-15)19-16(14-7-3-9-25-14)18(20-21)22(23)24/h2-11,16-17,19H,1H3/t16-,17+/m0/s1. The minimum absolute atomic E-state index is 0.246. The monoisotopic (exact) mass is 352 g/mol. The van der Waals surface area contributed by atoms with Crippen molar-refractivity contribution in [3.8, 4) is 0 Å². The van der Waals surface area contributed by atoms with Crippen LogP contribution in [0, 0.1) is 17.0 Å². The number of anilines is 1. The zero-order chi connectivity index (χ0) is 18.1. The molecular weight excluding hydrogens is 336 g/mol. The van der Waals surface area contributed by atoms with Gasteiger partial charge in [-0.2, -0.15) is 0 Å². The van der Waals surface area contributed by atoms with E-state index in [0.717, 1.165) is 11.3 Å². The minimum atomic E-state index is -0.795. The number of amidine groups is 1. The van der Waals surface area contributed by atoms with E-state index in [9.17, 15) is 10.1 Å². The number of rotatable bonds is 3. The fraction of sp³-hybridized carbons (Fsp3) is 0.167. The molecule has 1 aliphatic rings. The van der Waals surface area contributed by atoms with Crippen LogP contribution in [-0.4, -0.2) is 10.8 Å². The van der Waals surface area contributed by atoms with Gasteiger partial charge < -0.3 is 18.9 Å². The molecule has 4 rings (SSSR count). The van der Waals surface area contributed by atoms with Gasteiger partial charge >= 0.3 is 5.84 Å². The van der Waals surface area contributed by atoms with E-state index >= 15 is 0 Å². The van der Waals surface area contributed by atoms with Gasteiger partial charge in [0.25, 0.3) is 0 Å². The summed E-state index contributed by atoms with van der Waals surface area (Å²) in [4.78, 5) is 11.1. The third-order valence-corrected chi connectivity index (χ3v) is 4.13. The lowest BCUT2D eigenvalue weighted by Gasteiger charge is -2.31. The van der Waals surface area contributed by atoms with Crippen molar-refractivity contribution in [3.05, 3.63) is 88.3 Å². The molecule has 1 aliphatic heterocycles. The van der Waals surface area contributed by atoms with Crippen LogP contribution in [0.4, 0.5) is 5.69 Å². The summed E-state index contributed by atoms with van der Waals surface area (Å²) < 4.78 is 10.9. The first kappa shape index (κ1) is 16.1. The molecule has 1 N–H and O–H groups in total. The Morgan fingerprint density at radius 1 is 1.12 bits per heavy atom. The number of benzene rings is 1. The number of hydrogen-bond donors (Lipinski definition) is 1. The first-order valence-electron chi connectivity index (χ1n) is 8.05. The Morgan fingerprint density at radius 3 is 2.46 bits per heavy atom. The Kier molecular flexibility index (Phi) is 4.02. The van der Waals surface area contributed by atoms with Crippen molar-refractivity contribution in [2.45, 2.75) is 19.1 Å². The molecule has 0 aliphatic carbocycles. The minimum Gasteiger partial charge on any atom is -0.467 e. The molecule has 8 nitrogen and oxygen atoms in total. The normalized spacial score (nSPS) is 20.0. The van der Waals surface area contributed by atoms with Crippen LogP contribution in [0.25, 0.3) is 0 Å². The maximum Gasteiger partial charge on any atom is 0.389 e. The number of nitrogens with one attached hydrogen (secondary N) is 1. The fourth-order valence-corrected chi connectivity index (χ4v) is 2.96. The van der Waals surface area contributed by atoms with Crippen molar-refractivity contribution in [1.29, 1.82) is 0 Å². The van der Waals surface area contributed by atoms with Crippen LogP contribution < -0.4 is 10.3 Å². The lowest BCUT2D eigenvalue weighted by Crippen LogP contribution is -2.47. The van der Waals surface area contributed by atoms with Crippen molar-refractivity contribution < 1.29 is 13.8 Å². The van der Waals surface area contributed by atoms with E-state index in [2.05, 4.69) is 10.4 Å². The highest BCUT2D eigenvalue weighted by atomic mass is 16.6. The van der Waals surface area contributed by atoms with Gasteiger partial charge in [0.1, 0.15) is 11.5 Å². The second kappa shape index (κ2) is 6.49. The second-order valence-electron chi connectivity index (χ2n) is 5.93. The highest BCUT2D eigenvalue weighted by Crippen LogP contribution is 2.34. The summed E-state index contributed by atoms with van der Waals surface area (Å²) in [5.41, 5.74) is 1.74. The molecular formula is C18H16N4O4. The van der Waals surface area contributed by atoms with Crippen LogP contribution in [0.3, 0.4) is 0 Å². The average Bonchev–Trinajstić information content (AvgIpc) is 3.34. The summed E-state index contributed by atoms with van der Waals surface area (Å²) in [6.07, 6.45) is 2.51. The van der Waals surface area contributed by atoms with Gasteiger partial charge in [-0.25, -0.2) is 0 Å². The van der Waals surface area contributed by atoms with E-state index in [-0.39, 0.29) is 5.84 Å². The summed E-state index contributed by atoms with van der Waals surface area (Å²) in [7, 11) is 0. The SMILES string of the molecule is Cc1cccc(N2N=C([N+](=O)[O-])[C@H](c3ccco3)N[C@H]2c2ccco2)c1. The van der Waals surface area contributed by atoms with Crippen molar-refractivity contribution in [2.24, 2.45) is 5.10 Å². The molecule has 0 radical (unpaired) electrons. The molecule has 8 heteroatoms. The van der Waals surface area contributed by atoms with Crippen LogP contribution in [0.2, 0.25) is 0 Å². The van der Waals surface area contributed by atoms with Gasteiger partial charge in [-0.05, 0) is 53.8 Å². The Morgan fingerprint density at radius 2 is 1.85 bits per heavy atom. The third kappa shape index (κ3) is 2.86. The Balaban J connectivity index is 1.84. The maximum atomic E-state index is 11.6. The predicted octanol–water partition coefficient (Wildman–Crippen LogP) is 3.62. The first-order chi connectivity index (χ1) is 12.6. The van der Waals surface area contributed by atoms with Gasteiger partial charge in [-0.15, -0.1) is 5.01 Å². The van der Waals surface area contributed by atoms with Gasteiger partial charge in [-0.1, -0.05) is 12.1 Å². The number of hydrogen-bond acceptors (Lipinski definition) is 7. The van der Waals surface area contributed by atoms with E-state index in [1.54, 1.807) is 35.5 Å². The van der Waals surface area contributed by atoms with Crippen LogP contribution in [0.1, 0.15) is 29.3 Å².